The van der Waals surface area contributed by atoms with Crippen LogP contribution in [-0.2, 0) is 6.54 Å². The molecule has 0 spiro atoms. The average Bonchev–Trinajstić information content (AvgIpc) is 2.58. The molecule has 1 heterocycles. The SMILES string of the molecule is O[C@H]1CCN(Cc2cc(Cl)ccc2Cl)C1. The van der Waals surface area contributed by atoms with Gasteiger partial charge in [-0.05, 0) is 30.2 Å². The van der Waals surface area contributed by atoms with Crippen LogP contribution in [0.1, 0.15) is 12.0 Å². The van der Waals surface area contributed by atoms with Crippen molar-refractivity contribution in [2.24, 2.45) is 0 Å². The molecular formula is C11H13Cl2NO. The van der Waals surface area contributed by atoms with Crippen molar-refractivity contribution in [3.63, 3.8) is 0 Å². The second kappa shape index (κ2) is 4.71. The Morgan fingerprint density at radius 1 is 1.40 bits per heavy atom. The zero-order chi connectivity index (χ0) is 10.8. The third-order valence-electron chi connectivity index (χ3n) is 2.65. The summed E-state index contributed by atoms with van der Waals surface area (Å²) in [4.78, 5) is 2.18. The monoisotopic (exact) mass is 245 g/mol. The van der Waals surface area contributed by atoms with Gasteiger partial charge < -0.3 is 5.11 Å². The van der Waals surface area contributed by atoms with Gasteiger partial charge in [0, 0.05) is 29.7 Å². The molecule has 1 atom stereocenters. The van der Waals surface area contributed by atoms with Gasteiger partial charge in [0.2, 0.25) is 0 Å². The van der Waals surface area contributed by atoms with Gasteiger partial charge in [-0.15, -0.1) is 0 Å². The fraction of sp³-hybridized carbons (Fsp3) is 0.455. The smallest absolute Gasteiger partial charge is 0.0679 e. The van der Waals surface area contributed by atoms with Crippen molar-refractivity contribution in [2.75, 3.05) is 13.1 Å². The second-order valence-electron chi connectivity index (χ2n) is 3.91. The molecule has 0 amide bonds. The van der Waals surface area contributed by atoms with E-state index in [0.29, 0.717) is 5.02 Å². The molecule has 82 valence electrons. The molecule has 0 bridgehead atoms. The molecule has 1 aliphatic heterocycles. The van der Waals surface area contributed by atoms with Crippen molar-refractivity contribution >= 4 is 23.2 Å². The molecule has 0 radical (unpaired) electrons. The minimum atomic E-state index is -0.192. The quantitative estimate of drug-likeness (QED) is 0.866. The summed E-state index contributed by atoms with van der Waals surface area (Å²) >= 11 is 12.0. The van der Waals surface area contributed by atoms with Gasteiger partial charge in [0.05, 0.1) is 6.10 Å². The summed E-state index contributed by atoms with van der Waals surface area (Å²) in [7, 11) is 0. The Balaban J connectivity index is 2.07. The molecule has 1 aromatic rings. The van der Waals surface area contributed by atoms with Gasteiger partial charge in [0.1, 0.15) is 0 Å². The lowest BCUT2D eigenvalue weighted by Gasteiger charge is -2.15. The van der Waals surface area contributed by atoms with Crippen molar-refractivity contribution in [2.45, 2.75) is 19.1 Å². The highest BCUT2D eigenvalue weighted by Crippen LogP contribution is 2.23. The molecule has 1 saturated heterocycles. The average molecular weight is 246 g/mol. The third kappa shape index (κ3) is 2.85. The van der Waals surface area contributed by atoms with Gasteiger partial charge in [-0.2, -0.15) is 0 Å². The first-order valence-electron chi connectivity index (χ1n) is 4.99. The predicted octanol–water partition coefficient (Wildman–Crippen LogP) is 2.56. The zero-order valence-corrected chi connectivity index (χ0v) is 9.80. The fourth-order valence-electron chi connectivity index (χ4n) is 1.86. The highest BCUT2D eigenvalue weighted by Gasteiger charge is 2.20. The number of halogens is 2. The number of hydrogen-bond donors (Lipinski definition) is 1. The number of hydrogen-bond acceptors (Lipinski definition) is 2. The number of aliphatic hydroxyl groups is 1. The third-order valence-corrected chi connectivity index (χ3v) is 3.25. The van der Waals surface area contributed by atoms with Crippen molar-refractivity contribution in [1.82, 2.24) is 4.90 Å². The molecule has 0 unspecified atom stereocenters. The molecule has 4 heteroatoms. The van der Waals surface area contributed by atoms with Crippen LogP contribution in [0.5, 0.6) is 0 Å². The van der Waals surface area contributed by atoms with E-state index in [2.05, 4.69) is 4.90 Å². The topological polar surface area (TPSA) is 23.5 Å². The largest absolute Gasteiger partial charge is 0.392 e. The van der Waals surface area contributed by atoms with E-state index < -0.39 is 0 Å². The standard InChI is InChI=1S/C11H13Cl2NO/c12-9-1-2-11(13)8(5-9)6-14-4-3-10(15)7-14/h1-2,5,10,15H,3-4,6-7H2/t10-/m0/s1. The van der Waals surface area contributed by atoms with Crippen LogP contribution in [0.4, 0.5) is 0 Å². The lowest BCUT2D eigenvalue weighted by Crippen LogP contribution is -2.21. The van der Waals surface area contributed by atoms with Crippen LogP contribution >= 0.6 is 23.2 Å². The Kier molecular flexibility index (Phi) is 3.52. The van der Waals surface area contributed by atoms with Crippen molar-refractivity contribution in [1.29, 1.82) is 0 Å². The van der Waals surface area contributed by atoms with Crippen molar-refractivity contribution < 1.29 is 5.11 Å². The molecule has 2 nitrogen and oxygen atoms in total. The molecule has 0 saturated carbocycles. The minimum absolute atomic E-state index is 0.192. The number of aliphatic hydroxyl groups excluding tert-OH is 1. The first-order chi connectivity index (χ1) is 7.15. The summed E-state index contributed by atoms with van der Waals surface area (Å²) in [5, 5.41) is 10.8. The van der Waals surface area contributed by atoms with Crippen LogP contribution in [-0.4, -0.2) is 29.2 Å². The van der Waals surface area contributed by atoms with Crippen LogP contribution in [0.25, 0.3) is 0 Å². The molecule has 0 aromatic heterocycles. The van der Waals surface area contributed by atoms with Gasteiger partial charge >= 0.3 is 0 Å². The molecular weight excluding hydrogens is 233 g/mol. The number of likely N-dealkylation sites (tertiary alicyclic amines) is 1. The second-order valence-corrected chi connectivity index (χ2v) is 4.76. The zero-order valence-electron chi connectivity index (χ0n) is 8.29. The number of benzene rings is 1. The number of nitrogens with zero attached hydrogens (tertiary/aromatic N) is 1. The molecule has 1 fully saturated rings. The summed E-state index contributed by atoms with van der Waals surface area (Å²) < 4.78 is 0. The summed E-state index contributed by atoms with van der Waals surface area (Å²) in [5.41, 5.74) is 1.03. The van der Waals surface area contributed by atoms with Gasteiger partial charge in [-0.1, -0.05) is 23.2 Å². The van der Waals surface area contributed by atoms with E-state index in [-0.39, 0.29) is 6.10 Å². The van der Waals surface area contributed by atoms with Crippen LogP contribution < -0.4 is 0 Å². The number of β-amino-alcohol motifs (C(OH)–C–C–N with tert-alkyl or cyclic N) is 1. The maximum absolute atomic E-state index is 9.40. The lowest BCUT2D eigenvalue weighted by atomic mass is 10.2. The number of rotatable bonds is 2. The first-order valence-corrected chi connectivity index (χ1v) is 5.75. The Bertz CT molecular complexity index is 356. The van der Waals surface area contributed by atoms with Gasteiger partial charge in [-0.3, -0.25) is 4.90 Å². The Morgan fingerprint density at radius 3 is 2.87 bits per heavy atom. The molecule has 2 rings (SSSR count). The normalized spacial score (nSPS) is 22.2. The summed E-state index contributed by atoms with van der Waals surface area (Å²) in [5.74, 6) is 0. The van der Waals surface area contributed by atoms with E-state index in [0.717, 1.165) is 36.6 Å². The van der Waals surface area contributed by atoms with Crippen molar-refractivity contribution in [3.05, 3.63) is 33.8 Å². The van der Waals surface area contributed by atoms with Crippen LogP contribution in [0.15, 0.2) is 18.2 Å². The van der Waals surface area contributed by atoms with Gasteiger partial charge in [-0.25, -0.2) is 0 Å². The van der Waals surface area contributed by atoms with Gasteiger partial charge in [0.25, 0.3) is 0 Å². The van der Waals surface area contributed by atoms with E-state index >= 15 is 0 Å². The Labute approximate surface area is 99.4 Å². The summed E-state index contributed by atoms with van der Waals surface area (Å²) in [6.45, 7) is 2.41. The van der Waals surface area contributed by atoms with E-state index in [1.807, 2.05) is 12.1 Å². The van der Waals surface area contributed by atoms with E-state index in [1.54, 1.807) is 6.07 Å². The van der Waals surface area contributed by atoms with E-state index in [4.69, 9.17) is 23.2 Å². The maximum atomic E-state index is 9.40. The predicted molar refractivity (Wildman–Crippen MR) is 62.4 cm³/mol. The minimum Gasteiger partial charge on any atom is -0.392 e. The fourth-order valence-corrected chi connectivity index (χ4v) is 2.23. The van der Waals surface area contributed by atoms with E-state index in [9.17, 15) is 5.11 Å². The highest BCUT2D eigenvalue weighted by molar-refractivity contribution is 6.33. The Morgan fingerprint density at radius 2 is 2.20 bits per heavy atom. The van der Waals surface area contributed by atoms with E-state index in [1.165, 1.54) is 0 Å². The summed E-state index contributed by atoms with van der Waals surface area (Å²) in [6.07, 6.45) is 0.654. The van der Waals surface area contributed by atoms with Crippen LogP contribution in [0, 0.1) is 0 Å². The molecule has 1 aliphatic rings. The van der Waals surface area contributed by atoms with Crippen molar-refractivity contribution in [3.8, 4) is 0 Å². The molecule has 1 aromatic carbocycles. The first kappa shape index (κ1) is 11.2. The van der Waals surface area contributed by atoms with Crippen LogP contribution in [0.3, 0.4) is 0 Å². The molecule has 1 N–H and O–H groups in total. The Hall–Kier alpha value is -0.280. The molecule has 0 aliphatic carbocycles. The summed E-state index contributed by atoms with van der Waals surface area (Å²) in [6, 6.07) is 5.48. The highest BCUT2D eigenvalue weighted by atomic mass is 35.5. The van der Waals surface area contributed by atoms with Crippen LogP contribution in [0.2, 0.25) is 10.0 Å². The molecule has 15 heavy (non-hydrogen) atoms. The maximum Gasteiger partial charge on any atom is 0.0679 e. The van der Waals surface area contributed by atoms with Gasteiger partial charge in [0.15, 0.2) is 0 Å². The lowest BCUT2D eigenvalue weighted by molar-refractivity contribution is 0.175.